The lowest BCUT2D eigenvalue weighted by Crippen LogP contribution is -2.27. The normalized spacial score (nSPS) is 14.8. The molecular weight excluding hydrogens is 432 g/mol. The van der Waals surface area contributed by atoms with Crippen LogP contribution in [0.1, 0.15) is 11.1 Å². The number of ether oxygens (including phenoxy) is 1. The number of benzene rings is 3. The van der Waals surface area contributed by atoms with Crippen molar-refractivity contribution in [2.45, 2.75) is 6.61 Å². The number of anilines is 1. The van der Waals surface area contributed by atoms with Crippen LogP contribution in [0, 0.1) is 10.1 Å². The SMILES string of the molecule is O=C1/C(=C/c2ccccc2OCc2ccccc2)SC(=S)N1c1cccc([N+](=O)[O-])c1. The second-order valence-electron chi connectivity index (χ2n) is 6.61. The topological polar surface area (TPSA) is 72.7 Å². The Morgan fingerprint density at radius 2 is 1.77 bits per heavy atom. The van der Waals surface area contributed by atoms with E-state index in [1.165, 1.54) is 23.1 Å². The summed E-state index contributed by atoms with van der Waals surface area (Å²) in [6, 6.07) is 23.1. The zero-order valence-corrected chi connectivity index (χ0v) is 17.8. The molecule has 8 heteroatoms. The van der Waals surface area contributed by atoms with Gasteiger partial charge in [0.25, 0.3) is 11.6 Å². The molecule has 1 aliphatic heterocycles. The second kappa shape index (κ2) is 9.11. The first-order valence-corrected chi connectivity index (χ1v) is 10.5. The number of rotatable bonds is 6. The number of nitrogens with zero attached hydrogens (tertiary/aromatic N) is 2. The van der Waals surface area contributed by atoms with Crippen molar-refractivity contribution in [1.82, 2.24) is 0 Å². The fourth-order valence-corrected chi connectivity index (χ4v) is 4.33. The number of hydrogen-bond acceptors (Lipinski definition) is 6. The highest BCUT2D eigenvalue weighted by molar-refractivity contribution is 8.27. The van der Waals surface area contributed by atoms with E-state index in [2.05, 4.69) is 0 Å². The van der Waals surface area contributed by atoms with Gasteiger partial charge in [-0.2, -0.15) is 0 Å². The van der Waals surface area contributed by atoms with E-state index in [9.17, 15) is 14.9 Å². The average Bonchev–Trinajstić information content (AvgIpc) is 3.06. The van der Waals surface area contributed by atoms with Crippen LogP contribution in [0.3, 0.4) is 0 Å². The van der Waals surface area contributed by atoms with E-state index < -0.39 is 4.92 Å². The average molecular weight is 449 g/mol. The van der Waals surface area contributed by atoms with Gasteiger partial charge in [-0.1, -0.05) is 78.6 Å². The smallest absolute Gasteiger partial charge is 0.271 e. The van der Waals surface area contributed by atoms with Crippen LogP contribution >= 0.6 is 24.0 Å². The summed E-state index contributed by atoms with van der Waals surface area (Å²) < 4.78 is 6.28. The van der Waals surface area contributed by atoms with Gasteiger partial charge in [-0.25, -0.2) is 0 Å². The van der Waals surface area contributed by atoms with Crippen molar-refractivity contribution in [3.8, 4) is 5.75 Å². The Morgan fingerprint density at radius 1 is 1.03 bits per heavy atom. The van der Waals surface area contributed by atoms with Gasteiger partial charge in [-0.05, 0) is 23.8 Å². The summed E-state index contributed by atoms with van der Waals surface area (Å²) in [6.07, 6.45) is 1.73. The van der Waals surface area contributed by atoms with E-state index in [0.717, 1.165) is 22.9 Å². The summed E-state index contributed by atoms with van der Waals surface area (Å²) >= 11 is 6.53. The first kappa shape index (κ1) is 20.8. The lowest BCUT2D eigenvalue weighted by molar-refractivity contribution is -0.384. The Balaban J connectivity index is 1.59. The minimum atomic E-state index is -0.503. The van der Waals surface area contributed by atoms with Crippen LogP contribution in [0.5, 0.6) is 5.75 Å². The zero-order valence-electron chi connectivity index (χ0n) is 16.1. The summed E-state index contributed by atoms with van der Waals surface area (Å²) in [4.78, 5) is 25.3. The number of nitro groups is 1. The lowest BCUT2D eigenvalue weighted by Gasteiger charge is -2.14. The van der Waals surface area contributed by atoms with Crippen LogP contribution in [-0.2, 0) is 11.4 Å². The van der Waals surface area contributed by atoms with Gasteiger partial charge in [-0.15, -0.1) is 0 Å². The van der Waals surface area contributed by atoms with Crippen LogP contribution in [0.15, 0.2) is 83.8 Å². The quantitative estimate of drug-likeness (QED) is 0.212. The molecule has 0 saturated carbocycles. The van der Waals surface area contributed by atoms with Crippen LogP contribution in [-0.4, -0.2) is 15.2 Å². The van der Waals surface area contributed by atoms with Crippen LogP contribution in [0.2, 0.25) is 0 Å². The first-order chi connectivity index (χ1) is 15.0. The summed E-state index contributed by atoms with van der Waals surface area (Å²) in [5.74, 6) is 0.320. The number of amides is 1. The van der Waals surface area contributed by atoms with Crippen molar-refractivity contribution in [3.05, 3.63) is 105 Å². The van der Waals surface area contributed by atoms with Gasteiger partial charge in [0.1, 0.15) is 12.4 Å². The molecule has 154 valence electrons. The number of thioether (sulfide) groups is 1. The fourth-order valence-electron chi connectivity index (χ4n) is 3.04. The fraction of sp³-hybridized carbons (Fsp3) is 0.0435. The molecule has 0 aliphatic carbocycles. The molecular formula is C23H16N2O4S2. The zero-order chi connectivity index (χ0) is 21.8. The van der Waals surface area contributed by atoms with E-state index in [4.69, 9.17) is 17.0 Å². The monoisotopic (exact) mass is 448 g/mol. The largest absolute Gasteiger partial charge is 0.488 e. The third kappa shape index (κ3) is 4.65. The standard InChI is InChI=1S/C23H16N2O4S2/c26-22-21(31-23(30)24(22)18-10-6-11-19(14-18)25(27)28)13-17-9-4-5-12-20(17)29-15-16-7-2-1-3-8-16/h1-14H,15H2/b21-13-. The summed E-state index contributed by atoms with van der Waals surface area (Å²) in [6.45, 7) is 0.403. The van der Waals surface area contributed by atoms with Gasteiger partial charge >= 0.3 is 0 Å². The number of carbonyl (C=O) groups excluding carboxylic acids is 1. The van der Waals surface area contributed by atoms with E-state index in [-0.39, 0.29) is 11.6 Å². The number of hydrogen-bond donors (Lipinski definition) is 0. The van der Waals surface area contributed by atoms with E-state index in [1.807, 2.05) is 54.6 Å². The molecule has 4 rings (SSSR count). The Kier molecular flexibility index (Phi) is 6.11. The van der Waals surface area contributed by atoms with Crippen LogP contribution in [0.4, 0.5) is 11.4 Å². The molecule has 1 saturated heterocycles. The molecule has 1 fully saturated rings. The summed E-state index contributed by atoms with van der Waals surface area (Å²) in [5.41, 5.74) is 2.05. The minimum absolute atomic E-state index is 0.102. The molecule has 1 aliphatic rings. The third-order valence-corrected chi connectivity index (χ3v) is 5.84. The van der Waals surface area contributed by atoms with Crippen molar-refractivity contribution in [2.75, 3.05) is 4.90 Å². The first-order valence-electron chi connectivity index (χ1n) is 9.31. The van der Waals surface area contributed by atoms with E-state index >= 15 is 0 Å². The number of thiocarbonyl (C=S) groups is 1. The molecule has 31 heavy (non-hydrogen) atoms. The molecule has 0 unspecified atom stereocenters. The Bertz CT molecular complexity index is 1190. The van der Waals surface area contributed by atoms with Crippen molar-refractivity contribution in [1.29, 1.82) is 0 Å². The molecule has 0 N–H and O–H groups in total. The van der Waals surface area contributed by atoms with Crippen LogP contribution < -0.4 is 9.64 Å². The van der Waals surface area contributed by atoms with Gasteiger partial charge < -0.3 is 4.74 Å². The Morgan fingerprint density at radius 3 is 2.55 bits per heavy atom. The van der Waals surface area contributed by atoms with Crippen molar-refractivity contribution < 1.29 is 14.5 Å². The van der Waals surface area contributed by atoms with Gasteiger partial charge in [0, 0.05) is 17.7 Å². The molecule has 0 aromatic heterocycles. The molecule has 3 aromatic rings. The maximum atomic E-state index is 13.0. The number of non-ortho nitro benzene ring substituents is 1. The molecule has 6 nitrogen and oxygen atoms in total. The predicted octanol–water partition coefficient (Wildman–Crippen LogP) is 5.58. The maximum absolute atomic E-state index is 13.0. The van der Waals surface area contributed by atoms with Crippen molar-refractivity contribution in [2.24, 2.45) is 0 Å². The maximum Gasteiger partial charge on any atom is 0.271 e. The third-order valence-electron chi connectivity index (χ3n) is 4.54. The summed E-state index contributed by atoms with van der Waals surface area (Å²) in [5, 5.41) is 11.1. The summed E-state index contributed by atoms with van der Waals surface area (Å²) in [7, 11) is 0. The molecule has 3 aromatic carbocycles. The highest BCUT2D eigenvalue weighted by Gasteiger charge is 2.34. The van der Waals surface area contributed by atoms with Gasteiger partial charge in [0.2, 0.25) is 0 Å². The van der Waals surface area contributed by atoms with E-state index in [1.54, 1.807) is 12.1 Å². The highest BCUT2D eigenvalue weighted by Crippen LogP contribution is 2.38. The van der Waals surface area contributed by atoms with Crippen LogP contribution in [0.25, 0.3) is 6.08 Å². The van der Waals surface area contributed by atoms with Gasteiger partial charge in [0.15, 0.2) is 4.32 Å². The highest BCUT2D eigenvalue weighted by atomic mass is 32.2. The van der Waals surface area contributed by atoms with Crippen molar-refractivity contribution in [3.63, 3.8) is 0 Å². The van der Waals surface area contributed by atoms with Crippen molar-refractivity contribution >= 4 is 51.7 Å². The lowest BCUT2D eigenvalue weighted by atomic mass is 10.1. The minimum Gasteiger partial charge on any atom is -0.488 e. The molecule has 1 amide bonds. The Hall–Kier alpha value is -3.49. The Labute approximate surface area is 188 Å². The van der Waals surface area contributed by atoms with E-state index in [0.29, 0.717) is 27.3 Å². The number of carbonyl (C=O) groups is 1. The predicted molar refractivity (Wildman–Crippen MR) is 126 cm³/mol. The van der Waals surface area contributed by atoms with Gasteiger partial charge in [0.05, 0.1) is 15.5 Å². The molecule has 0 atom stereocenters. The van der Waals surface area contributed by atoms with Gasteiger partial charge in [-0.3, -0.25) is 19.8 Å². The molecule has 0 radical (unpaired) electrons. The molecule has 0 spiro atoms. The number of nitro benzene ring substituents is 1. The number of para-hydroxylation sites is 1. The second-order valence-corrected chi connectivity index (χ2v) is 8.28. The molecule has 0 bridgehead atoms. The molecule has 1 heterocycles.